The Labute approximate surface area is 540 Å². The lowest BCUT2D eigenvalue weighted by Crippen LogP contribution is -2.52. The number of amides is 6. The molecule has 0 unspecified atom stereocenters. The van der Waals surface area contributed by atoms with E-state index in [0.717, 1.165) is 16.8 Å². The first-order chi connectivity index (χ1) is 42.7. The van der Waals surface area contributed by atoms with Crippen LogP contribution in [0.2, 0.25) is 36.3 Å². The maximum absolute atomic E-state index is 14.8. The molecule has 23 nitrogen and oxygen atoms in total. The molecule has 504 valence electrons. The Morgan fingerprint density at radius 1 is 0.670 bits per heavy atom. The van der Waals surface area contributed by atoms with Crippen molar-refractivity contribution in [2.45, 2.75) is 155 Å². The van der Waals surface area contributed by atoms with E-state index in [1.54, 1.807) is 29.0 Å². The summed E-state index contributed by atoms with van der Waals surface area (Å²) in [4.78, 5) is 84.5. The van der Waals surface area contributed by atoms with E-state index in [4.69, 9.17) is 52.5 Å². The molecule has 2 aliphatic heterocycles. The van der Waals surface area contributed by atoms with Gasteiger partial charge < -0.3 is 78.2 Å². The van der Waals surface area contributed by atoms with E-state index in [1.807, 2.05) is 32.9 Å². The van der Waals surface area contributed by atoms with Crippen LogP contribution in [0, 0.1) is 5.92 Å². The quantitative estimate of drug-likeness (QED) is 0.0215. The highest BCUT2D eigenvalue weighted by atomic mass is 28.4. The predicted octanol–water partition coefficient (Wildman–Crippen LogP) is 10.5. The molecule has 0 saturated carbocycles. The van der Waals surface area contributed by atoms with Crippen LogP contribution in [0.3, 0.4) is 0 Å². The summed E-state index contributed by atoms with van der Waals surface area (Å²) < 4.78 is 58.6. The first kappa shape index (κ1) is 74.6. The van der Waals surface area contributed by atoms with Crippen LogP contribution >= 0.6 is 0 Å². The average Bonchev–Trinajstić information content (AvgIpc) is 1.81. The highest BCUT2D eigenvalue weighted by molar-refractivity contribution is 6.74. The summed E-state index contributed by atoms with van der Waals surface area (Å²) in [6.45, 7) is 38.1. The van der Waals surface area contributed by atoms with E-state index in [0.29, 0.717) is 51.4 Å². The van der Waals surface area contributed by atoms with Crippen LogP contribution in [0.5, 0.6) is 28.7 Å². The molecule has 0 aliphatic carbocycles. The first-order valence-corrected chi connectivity index (χ1v) is 36.8. The fraction of sp³-hybridized carbons (Fsp3) is 0.576. The number of nitrogens with one attached hydrogen (secondary N) is 4. The number of nitrogens with zero attached hydrogens (tertiary/aromatic N) is 2. The van der Waals surface area contributed by atoms with Gasteiger partial charge in [-0.05, 0) is 85.7 Å². The minimum atomic E-state index is -2.21. The van der Waals surface area contributed by atoms with Gasteiger partial charge in [0.2, 0.25) is 11.8 Å². The van der Waals surface area contributed by atoms with Crippen LogP contribution < -0.4 is 50.7 Å². The average molecular weight is 1300 g/mol. The fourth-order valence-electron chi connectivity index (χ4n) is 9.45. The maximum Gasteiger partial charge on any atom is 0.411 e. The van der Waals surface area contributed by atoms with E-state index < -0.39 is 46.7 Å². The van der Waals surface area contributed by atoms with Crippen molar-refractivity contribution in [2.24, 2.45) is 11.7 Å². The summed E-state index contributed by atoms with van der Waals surface area (Å²) in [5.41, 5.74) is 8.93. The van der Waals surface area contributed by atoms with Gasteiger partial charge >= 0.3 is 12.2 Å². The molecule has 25 heteroatoms. The number of likely N-dealkylation sites (tertiary alicyclic amines) is 2. The Morgan fingerprint density at radius 3 is 1.70 bits per heavy atom. The molecule has 4 atom stereocenters. The topological polar surface area (TPSA) is 275 Å². The Morgan fingerprint density at radius 2 is 1.20 bits per heavy atom. The van der Waals surface area contributed by atoms with E-state index >= 15 is 0 Å². The van der Waals surface area contributed by atoms with Crippen molar-refractivity contribution in [3.63, 3.8) is 0 Å². The van der Waals surface area contributed by atoms with Gasteiger partial charge in [0, 0.05) is 69.5 Å². The fourth-order valence-corrected chi connectivity index (χ4v) is 11.5. The summed E-state index contributed by atoms with van der Waals surface area (Å²) in [5.74, 6) is -0.889. The third-order valence-corrected chi connectivity index (χ3v) is 25.9. The number of benzene rings is 3. The number of nitrogens with two attached hydrogens (primary N) is 1. The normalized spacial score (nSPS) is 16.1. The summed E-state index contributed by atoms with van der Waals surface area (Å²) in [6.07, 6.45) is -0.482. The largest absolute Gasteiger partial charge is 0.493 e. The maximum atomic E-state index is 14.8. The molecule has 0 bridgehead atoms. The second-order valence-corrected chi connectivity index (χ2v) is 36.2. The van der Waals surface area contributed by atoms with E-state index in [2.05, 4.69) is 102 Å². The van der Waals surface area contributed by atoms with Crippen molar-refractivity contribution >= 4 is 63.8 Å². The van der Waals surface area contributed by atoms with Crippen molar-refractivity contribution in [1.29, 1.82) is 0 Å². The molecule has 6 N–H and O–H groups in total. The van der Waals surface area contributed by atoms with E-state index in [1.165, 1.54) is 38.5 Å². The number of hydrogen-bond acceptors (Lipinski definition) is 17. The second kappa shape index (κ2) is 33.4. The molecule has 0 aromatic heterocycles. The summed E-state index contributed by atoms with van der Waals surface area (Å²) in [7, 11) is 0.0735. The Kier molecular flexibility index (Phi) is 27.4. The minimum Gasteiger partial charge on any atom is -0.493 e. The molecule has 5 rings (SSSR count). The van der Waals surface area contributed by atoms with Gasteiger partial charge in [0.15, 0.2) is 39.6 Å². The lowest BCUT2D eigenvalue weighted by atomic mass is 10.0. The van der Waals surface area contributed by atoms with Gasteiger partial charge in [-0.1, -0.05) is 91.8 Å². The van der Waals surface area contributed by atoms with Crippen molar-refractivity contribution in [2.75, 3.05) is 97.8 Å². The lowest BCUT2D eigenvalue weighted by Gasteiger charge is -2.38. The summed E-state index contributed by atoms with van der Waals surface area (Å²) >= 11 is 0. The van der Waals surface area contributed by atoms with Gasteiger partial charge in [0.1, 0.15) is 18.4 Å². The Bertz CT molecular complexity index is 3020. The van der Waals surface area contributed by atoms with Crippen molar-refractivity contribution in [3.8, 4) is 28.7 Å². The molecule has 0 spiro atoms. The number of hydrogen-bond donors (Lipinski definition) is 5. The zero-order chi connectivity index (χ0) is 67.6. The molecular weight excluding hydrogens is 1200 g/mol. The van der Waals surface area contributed by atoms with Crippen LogP contribution in [-0.4, -0.2) is 174 Å². The molecule has 2 saturated heterocycles. The molecule has 91 heavy (non-hydrogen) atoms. The second-order valence-electron chi connectivity index (χ2n) is 26.6. The smallest absolute Gasteiger partial charge is 0.411 e. The minimum absolute atomic E-state index is 0.0401. The van der Waals surface area contributed by atoms with Crippen molar-refractivity contribution in [3.05, 3.63) is 89.5 Å². The zero-order valence-corrected chi connectivity index (χ0v) is 58.5. The molecule has 2 fully saturated rings. The number of primary amides is 1. The monoisotopic (exact) mass is 1300 g/mol. The van der Waals surface area contributed by atoms with Crippen LogP contribution in [0.1, 0.15) is 114 Å². The molecular formula is C66H101N7O16Si2. The van der Waals surface area contributed by atoms with Gasteiger partial charge in [-0.15, -0.1) is 0 Å². The van der Waals surface area contributed by atoms with E-state index in [9.17, 15) is 28.8 Å². The van der Waals surface area contributed by atoms with Crippen LogP contribution in [0.25, 0.3) is 0 Å². The Hall–Kier alpha value is -7.17. The number of methoxy groups -OCH3 is 3. The third-order valence-electron chi connectivity index (χ3n) is 16.9. The predicted molar refractivity (Wildman–Crippen MR) is 356 cm³/mol. The Balaban J connectivity index is 1.28. The number of carbonyl (C=O) groups is 6. The van der Waals surface area contributed by atoms with E-state index in [-0.39, 0.29) is 144 Å². The van der Waals surface area contributed by atoms with Crippen molar-refractivity contribution in [1.82, 2.24) is 20.4 Å². The van der Waals surface area contributed by atoms with Gasteiger partial charge in [-0.25, -0.2) is 9.59 Å². The van der Waals surface area contributed by atoms with Crippen molar-refractivity contribution < 1.29 is 75.5 Å². The molecule has 2 heterocycles. The number of anilines is 2. The highest BCUT2D eigenvalue weighted by Gasteiger charge is 2.42. The van der Waals surface area contributed by atoms with Crippen LogP contribution in [0.15, 0.2) is 72.8 Å². The lowest BCUT2D eigenvalue weighted by molar-refractivity contribution is -0.131. The van der Waals surface area contributed by atoms with Gasteiger partial charge in [-0.2, -0.15) is 0 Å². The van der Waals surface area contributed by atoms with Gasteiger partial charge in [-0.3, -0.25) is 24.5 Å². The number of carbonyl (C=O) groups excluding carboxylic acids is 6. The van der Waals surface area contributed by atoms with Crippen LogP contribution in [-0.2, 0) is 39.3 Å². The standard InChI is InChI=1S/C66H101N7O16Si2/c1-42(2)59(71-58(74)24-27-83-29-28-80-12)60(75)69-45(5)36-68-47-22-20-46(21-23-47)39-86-64(79)70-52-34-56(54(81-13)32-50(52)61(76)72-37-43(3)30-48(72)40-87-90(15,16)65(6,7)8)84-25-19-26-85-57-35-53(89-63(67)78)51(33-55(57)82-14)62(77)73-38-44(4)31-49(73)41-88-91(17,18)66(9,10)11/h20-23,32-35,42,45,48-49,59,68H,3-4,19,24-31,36-41H2,1-2,5-18H3,(H2,67,78)(H,69,75)(H,70,79)(H,71,74)/t45-,48+,49+,59-/m0/s1. The summed E-state index contributed by atoms with van der Waals surface area (Å²) in [6, 6.07) is 11.5. The third kappa shape index (κ3) is 21.7. The molecule has 3 aromatic carbocycles. The first-order valence-electron chi connectivity index (χ1n) is 31.0. The number of rotatable bonds is 33. The molecule has 6 amide bonds. The number of ether oxygens (including phenoxy) is 8. The molecule has 0 radical (unpaired) electrons. The van der Waals surface area contributed by atoms with Gasteiger partial charge in [0.05, 0.1) is 89.4 Å². The SMILES string of the molecule is C=C1C[C@H](CO[Si](C)(C)C(C)(C)C)N(C(=O)c2cc(OC)c(OCCCOc3cc(OC(N)=O)c(C(=O)N4CC(=C)C[C@@H]4CO[Si](C)(C)C(C)(C)C)cc3OC)cc2NC(=O)OCc2ccc(NC[C@H](C)NC(=O)[C@@H](NC(=O)CCOCCOC)C(C)C)cc2)C1. The zero-order valence-electron chi connectivity index (χ0n) is 56.5. The molecule has 2 aliphatic rings. The van der Waals surface area contributed by atoms with Crippen LogP contribution in [0.4, 0.5) is 21.0 Å². The van der Waals surface area contributed by atoms with Gasteiger partial charge in [0.25, 0.3) is 11.8 Å². The highest BCUT2D eigenvalue weighted by Crippen LogP contribution is 2.42. The summed E-state index contributed by atoms with van der Waals surface area (Å²) in [5, 5.41) is 11.8. The molecule has 3 aromatic rings.